The van der Waals surface area contributed by atoms with Gasteiger partial charge in [-0.1, -0.05) is 13.8 Å². The molecule has 0 radical (unpaired) electrons. The summed E-state index contributed by atoms with van der Waals surface area (Å²) >= 11 is 0. The molecule has 0 bridgehead atoms. The first-order valence-electron chi connectivity index (χ1n) is 9.09. The average molecular weight is 399 g/mol. The van der Waals surface area contributed by atoms with Crippen molar-refractivity contribution in [1.29, 1.82) is 0 Å². The molecule has 0 aliphatic carbocycles. The van der Waals surface area contributed by atoms with Crippen LogP contribution in [-0.2, 0) is 7.05 Å². The number of carbonyl (C=O) groups is 1. The van der Waals surface area contributed by atoms with Crippen LogP contribution in [0.3, 0.4) is 0 Å². The first-order chi connectivity index (χ1) is 13.8. The number of methoxy groups -OCH3 is 2. The maximum absolute atomic E-state index is 12.3. The molecule has 0 spiro atoms. The van der Waals surface area contributed by atoms with Crippen LogP contribution >= 0.6 is 0 Å². The first kappa shape index (κ1) is 20.2. The van der Waals surface area contributed by atoms with Gasteiger partial charge >= 0.3 is 6.03 Å². The van der Waals surface area contributed by atoms with Crippen LogP contribution in [0.25, 0.3) is 11.0 Å². The van der Waals surface area contributed by atoms with Gasteiger partial charge in [0.05, 0.1) is 25.6 Å². The number of nitrogens with one attached hydrogen (secondary N) is 3. The molecule has 0 fully saturated rings. The minimum absolute atomic E-state index is 0.273. The number of aryl methyl sites for hydroxylation is 2. The fourth-order valence-corrected chi connectivity index (χ4v) is 3.04. The van der Waals surface area contributed by atoms with E-state index in [0.717, 1.165) is 22.3 Å². The summed E-state index contributed by atoms with van der Waals surface area (Å²) in [4.78, 5) is 21.0. The number of anilines is 2. The van der Waals surface area contributed by atoms with Crippen LogP contribution in [0.2, 0.25) is 0 Å². The first-order valence-corrected chi connectivity index (χ1v) is 9.09. The Morgan fingerprint density at radius 3 is 2.34 bits per heavy atom. The fraction of sp³-hybridized carbons (Fsp3) is 0.368. The Labute approximate surface area is 168 Å². The van der Waals surface area contributed by atoms with Crippen molar-refractivity contribution in [3.05, 3.63) is 29.5 Å². The predicted molar refractivity (Wildman–Crippen MR) is 110 cm³/mol. The molecule has 2 amide bonds. The number of hydrogen-bond acceptors (Lipinski definition) is 7. The largest absolute Gasteiger partial charge is 0.481 e. The lowest BCUT2D eigenvalue weighted by Gasteiger charge is -2.14. The van der Waals surface area contributed by atoms with Crippen LogP contribution in [-0.4, -0.2) is 40.0 Å². The zero-order valence-electron chi connectivity index (χ0n) is 17.3. The molecule has 0 aliphatic heterocycles. The van der Waals surface area contributed by atoms with Crippen molar-refractivity contribution in [2.45, 2.75) is 26.7 Å². The molecule has 3 rings (SSSR count). The van der Waals surface area contributed by atoms with Crippen molar-refractivity contribution in [3.63, 3.8) is 0 Å². The van der Waals surface area contributed by atoms with E-state index >= 15 is 0 Å². The van der Waals surface area contributed by atoms with Gasteiger partial charge in [0.25, 0.3) is 0 Å². The molecule has 10 heteroatoms. The zero-order valence-corrected chi connectivity index (χ0v) is 17.3. The third-order valence-corrected chi connectivity index (χ3v) is 4.38. The smallest absolute Gasteiger partial charge is 0.337 e. The molecule has 0 aromatic carbocycles. The van der Waals surface area contributed by atoms with E-state index in [1.807, 2.05) is 20.0 Å². The normalized spacial score (nSPS) is 10.9. The monoisotopic (exact) mass is 399 g/mol. The van der Waals surface area contributed by atoms with E-state index in [1.165, 1.54) is 14.2 Å². The summed E-state index contributed by atoms with van der Waals surface area (Å²) in [6.45, 7) is 6.18. The van der Waals surface area contributed by atoms with E-state index in [4.69, 9.17) is 9.47 Å². The third-order valence-electron chi connectivity index (χ3n) is 4.38. The number of nitrogens with zero attached hydrogens (tertiary/aromatic N) is 4. The number of urea groups is 1. The zero-order chi connectivity index (χ0) is 21.1. The fourth-order valence-electron chi connectivity index (χ4n) is 3.04. The van der Waals surface area contributed by atoms with Crippen LogP contribution in [0, 0.1) is 6.92 Å². The molecule has 0 atom stereocenters. The number of pyridine rings is 2. The van der Waals surface area contributed by atoms with Crippen molar-refractivity contribution >= 4 is 28.6 Å². The number of carbonyl (C=O) groups excluding carboxylic acids is 1. The van der Waals surface area contributed by atoms with Gasteiger partial charge in [-0.2, -0.15) is 10.1 Å². The minimum atomic E-state index is -0.477. The summed E-state index contributed by atoms with van der Waals surface area (Å²) in [7, 11) is 4.82. The second kappa shape index (κ2) is 8.21. The van der Waals surface area contributed by atoms with Gasteiger partial charge in [-0.25, -0.2) is 9.78 Å². The van der Waals surface area contributed by atoms with Crippen molar-refractivity contribution in [3.8, 4) is 11.8 Å². The standard InChI is InChI=1S/C19H25N7O3/c1-10(2)13-9-14(21-18-17(13)11(3)25-26(18)4)23-24-19(27)20-12-7-15(28-5)22-16(8-12)29-6/h7-10H,1-6H3,(H,21,23)(H2,20,22,24,27). The summed E-state index contributed by atoms with van der Waals surface area (Å²) < 4.78 is 11.9. The van der Waals surface area contributed by atoms with Gasteiger partial charge in [-0.15, -0.1) is 0 Å². The Morgan fingerprint density at radius 2 is 1.76 bits per heavy atom. The highest BCUT2D eigenvalue weighted by molar-refractivity contribution is 5.90. The Morgan fingerprint density at radius 1 is 1.10 bits per heavy atom. The Balaban J connectivity index is 1.77. The second-order valence-electron chi connectivity index (χ2n) is 6.80. The molecule has 0 saturated carbocycles. The highest BCUT2D eigenvalue weighted by Crippen LogP contribution is 2.29. The van der Waals surface area contributed by atoms with Gasteiger partial charge in [0.2, 0.25) is 11.8 Å². The molecule has 0 aliphatic rings. The lowest BCUT2D eigenvalue weighted by molar-refractivity contribution is 0.254. The summed E-state index contributed by atoms with van der Waals surface area (Å²) in [5, 5.41) is 8.18. The van der Waals surface area contributed by atoms with E-state index in [9.17, 15) is 4.79 Å². The Bertz CT molecular complexity index is 1020. The SMILES string of the molecule is COc1cc(NC(=O)NNc2cc(C(C)C)c3c(C)nn(C)c3n2)cc(OC)n1. The number of fused-ring (bicyclic) bond motifs is 1. The molecule has 154 valence electrons. The lowest BCUT2D eigenvalue weighted by Crippen LogP contribution is -2.34. The van der Waals surface area contributed by atoms with E-state index in [0.29, 0.717) is 23.3 Å². The van der Waals surface area contributed by atoms with E-state index in [1.54, 1.807) is 16.8 Å². The van der Waals surface area contributed by atoms with Gasteiger partial charge in [0, 0.05) is 24.6 Å². The topological polar surface area (TPSA) is 115 Å². The second-order valence-corrected chi connectivity index (χ2v) is 6.80. The predicted octanol–water partition coefficient (Wildman–Crippen LogP) is 2.96. The van der Waals surface area contributed by atoms with Crippen LogP contribution in [0.15, 0.2) is 18.2 Å². The molecule has 3 heterocycles. The molecule has 0 saturated heterocycles. The maximum atomic E-state index is 12.3. The number of rotatable bonds is 6. The molecular weight excluding hydrogens is 374 g/mol. The summed E-state index contributed by atoms with van der Waals surface area (Å²) in [5.41, 5.74) is 8.70. The highest BCUT2D eigenvalue weighted by Gasteiger charge is 2.16. The molecule has 3 aromatic rings. The van der Waals surface area contributed by atoms with Gasteiger partial charge in [-0.05, 0) is 24.5 Å². The summed E-state index contributed by atoms with van der Waals surface area (Å²) in [5.74, 6) is 1.44. The minimum Gasteiger partial charge on any atom is -0.481 e. The van der Waals surface area contributed by atoms with Crippen molar-refractivity contribution in [2.75, 3.05) is 25.0 Å². The number of hydrogen-bond donors (Lipinski definition) is 3. The van der Waals surface area contributed by atoms with Gasteiger partial charge in [-0.3, -0.25) is 15.5 Å². The van der Waals surface area contributed by atoms with Crippen LogP contribution in [0.4, 0.5) is 16.3 Å². The van der Waals surface area contributed by atoms with E-state index in [2.05, 4.69) is 45.1 Å². The van der Waals surface area contributed by atoms with E-state index in [-0.39, 0.29) is 5.92 Å². The molecule has 0 unspecified atom stereocenters. The lowest BCUT2D eigenvalue weighted by atomic mass is 10.00. The Hall–Kier alpha value is -3.56. The number of hydrazine groups is 1. The van der Waals surface area contributed by atoms with Crippen LogP contribution in [0.5, 0.6) is 11.8 Å². The van der Waals surface area contributed by atoms with Crippen molar-refractivity contribution < 1.29 is 14.3 Å². The van der Waals surface area contributed by atoms with Crippen LogP contribution < -0.4 is 25.6 Å². The van der Waals surface area contributed by atoms with Crippen molar-refractivity contribution in [2.24, 2.45) is 7.05 Å². The summed E-state index contributed by atoms with van der Waals surface area (Å²) in [6.07, 6.45) is 0. The Kier molecular flexibility index (Phi) is 5.71. The average Bonchev–Trinajstić information content (AvgIpc) is 2.99. The molecule has 3 N–H and O–H groups in total. The number of ether oxygens (including phenoxy) is 2. The highest BCUT2D eigenvalue weighted by atomic mass is 16.5. The molecule has 3 aromatic heterocycles. The molecular formula is C19H25N7O3. The van der Waals surface area contributed by atoms with Crippen LogP contribution in [0.1, 0.15) is 31.0 Å². The maximum Gasteiger partial charge on any atom is 0.337 e. The number of aromatic nitrogens is 4. The van der Waals surface area contributed by atoms with Gasteiger partial charge in [0.15, 0.2) is 5.65 Å². The summed E-state index contributed by atoms with van der Waals surface area (Å²) in [6, 6.07) is 4.61. The number of amides is 2. The van der Waals surface area contributed by atoms with Gasteiger partial charge < -0.3 is 14.8 Å². The van der Waals surface area contributed by atoms with E-state index < -0.39 is 6.03 Å². The van der Waals surface area contributed by atoms with Crippen molar-refractivity contribution in [1.82, 2.24) is 25.2 Å². The molecule has 10 nitrogen and oxygen atoms in total. The van der Waals surface area contributed by atoms with Gasteiger partial charge in [0.1, 0.15) is 5.82 Å². The quantitative estimate of drug-likeness (QED) is 0.546. The molecule has 29 heavy (non-hydrogen) atoms. The third kappa shape index (κ3) is 4.31.